The molecule has 18 heavy (non-hydrogen) atoms. The molecule has 1 aromatic carbocycles. The number of carbonyl (C=O) groups is 1. The average Bonchev–Trinajstić information content (AvgIpc) is 2.36. The number of carboxylic acid groups (broad SMARTS) is 1. The third-order valence-corrected chi connectivity index (χ3v) is 4.27. The number of hydrogen-bond acceptors (Lipinski definition) is 3. The van der Waals surface area contributed by atoms with Gasteiger partial charge in [-0.2, -0.15) is 4.72 Å². The zero-order chi connectivity index (χ0) is 13.8. The first-order valence-corrected chi connectivity index (χ1v) is 7.17. The third-order valence-electron chi connectivity index (χ3n) is 2.81. The summed E-state index contributed by atoms with van der Waals surface area (Å²) >= 11 is 0. The van der Waals surface area contributed by atoms with Gasteiger partial charge in [-0.25, -0.2) is 8.42 Å². The van der Waals surface area contributed by atoms with Gasteiger partial charge in [-0.15, -0.1) is 0 Å². The first-order chi connectivity index (χ1) is 8.38. The SMILES string of the molecule is CCC(C)[C@H](NS(=O)(=O)c1ccccc1)C(=O)O. The Labute approximate surface area is 107 Å². The molecule has 1 aromatic rings. The van der Waals surface area contributed by atoms with Crippen LogP contribution in [0.1, 0.15) is 20.3 Å². The summed E-state index contributed by atoms with van der Waals surface area (Å²) in [5.74, 6) is -1.44. The van der Waals surface area contributed by atoms with E-state index in [1.807, 2.05) is 6.92 Å². The van der Waals surface area contributed by atoms with Crippen molar-refractivity contribution in [2.75, 3.05) is 0 Å². The zero-order valence-electron chi connectivity index (χ0n) is 10.3. The number of sulfonamides is 1. The molecule has 0 bridgehead atoms. The van der Waals surface area contributed by atoms with Gasteiger partial charge in [0.25, 0.3) is 0 Å². The highest BCUT2D eigenvalue weighted by Crippen LogP contribution is 2.13. The molecular weight excluding hydrogens is 254 g/mol. The quantitative estimate of drug-likeness (QED) is 0.820. The summed E-state index contributed by atoms with van der Waals surface area (Å²) < 4.78 is 26.2. The van der Waals surface area contributed by atoms with Gasteiger partial charge in [0.05, 0.1) is 4.90 Å². The van der Waals surface area contributed by atoms with Gasteiger partial charge in [-0.3, -0.25) is 4.79 Å². The zero-order valence-corrected chi connectivity index (χ0v) is 11.1. The summed E-state index contributed by atoms with van der Waals surface area (Å²) in [5.41, 5.74) is 0. The smallest absolute Gasteiger partial charge is 0.322 e. The topological polar surface area (TPSA) is 83.5 Å². The summed E-state index contributed by atoms with van der Waals surface area (Å²) in [6.07, 6.45) is 0.578. The molecule has 2 atom stereocenters. The Morgan fingerprint density at radius 1 is 1.33 bits per heavy atom. The van der Waals surface area contributed by atoms with Crippen LogP contribution < -0.4 is 4.72 Å². The summed E-state index contributed by atoms with van der Waals surface area (Å²) in [6, 6.07) is 6.62. The van der Waals surface area contributed by atoms with E-state index in [4.69, 9.17) is 5.11 Å². The van der Waals surface area contributed by atoms with Crippen molar-refractivity contribution in [1.29, 1.82) is 0 Å². The van der Waals surface area contributed by atoms with Crippen LogP contribution in [-0.4, -0.2) is 25.5 Å². The van der Waals surface area contributed by atoms with Crippen molar-refractivity contribution >= 4 is 16.0 Å². The Balaban J connectivity index is 2.97. The van der Waals surface area contributed by atoms with Crippen LogP contribution >= 0.6 is 0 Å². The number of rotatable bonds is 6. The normalized spacial score (nSPS) is 15.0. The maximum absolute atomic E-state index is 12.0. The van der Waals surface area contributed by atoms with E-state index in [0.717, 1.165) is 0 Å². The van der Waals surface area contributed by atoms with E-state index >= 15 is 0 Å². The molecule has 2 N–H and O–H groups in total. The van der Waals surface area contributed by atoms with Gasteiger partial charge in [-0.1, -0.05) is 38.5 Å². The van der Waals surface area contributed by atoms with E-state index in [1.165, 1.54) is 12.1 Å². The molecular formula is C12H17NO4S. The van der Waals surface area contributed by atoms with Gasteiger partial charge < -0.3 is 5.11 Å². The Morgan fingerprint density at radius 2 is 1.89 bits per heavy atom. The summed E-state index contributed by atoms with van der Waals surface area (Å²) in [5, 5.41) is 9.06. The number of benzene rings is 1. The largest absolute Gasteiger partial charge is 0.480 e. The molecule has 0 aliphatic rings. The molecule has 6 heteroatoms. The van der Waals surface area contributed by atoms with Gasteiger partial charge in [-0.05, 0) is 18.1 Å². The fourth-order valence-corrected chi connectivity index (χ4v) is 2.80. The Morgan fingerprint density at radius 3 is 2.33 bits per heavy atom. The van der Waals surface area contributed by atoms with Crippen molar-refractivity contribution in [3.05, 3.63) is 30.3 Å². The molecule has 1 rings (SSSR count). The second-order valence-corrected chi connectivity index (χ2v) is 5.85. The second kappa shape index (κ2) is 5.97. The van der Waals surface area contributed by atoms with Crippen LogP contribution in [0.4, 0.5) is 0 Å². The molecule has 0 saturated carbocycles. The lowest BCUT2D eigenvalue weighted by molar-refractivity contribution is -0.140. The monoisotopic (exact) mass is 271 g/mol. The molecule has 0 aliphatic carbocycles. The standard InChI is InChI=1S/C12H17NO4S/c1-3-9(2)11(12(14)15)13-18(16,17)10-7-5-4-6-8-10/h4-9,11,13H,3H2,1-2H3,(H,14,15)/t9?,11-/m0/s1. The molecule has 0 aliphatic heterocycles. The minimum atomic E-state index is -3.79. The number of aliphatic carboxylic acids is 1. The van der Waals surface area contributed by atoms with Crippen molar-refractivity contribution in [2.45, 2.75) is 31.2 Å². The summed E-state index contributed by atoms with van der Waals surface area (Å²) in [4.78, 5) is 11.2. The van der Waals surface area contributed by atoms with E-state index in [0.29, 0.717) is 6.42 Å². The number of nitrogens with one attached hydrogen (secondary N) is 1. The number of carboxylic acids is 1. The molecule has 0 amide bonds. The van der Waals surface area contributed by atoms with Crippen LogP contribution in [0.15, 0.2) is 35.2 Å². The highest BCUT2D eigenvalue weighted by atomic mass is 32.2. The number of hydrogen-bond donors (Lipinski definition) is 2. The van der Waals surface area contributed by atoms with E-state index in [-0.39, 0.29) is 10.8 Å². The Hall–Kier alpha value is -1.40. The highest BCUT2D eigenvalue weighted by molar-refractivity contribution is 7.89. The van der Waals surface area contributed by atoms with E-state index in [1.54, 1.807) is 25.1 Å². The molecule has 100 valence electrons. The molecule has 1 unspecified atom stereocenters. The molecule has 0 radical (unpaired) electrons. The molecule has 0 aromatic heterocycles. The van der Waals surface area contributed by atoms with Crippen LogP contribution in [0.25, 0.3) is 0 Å². The van der Waals surface area contributed by atoms with Crippen LogP contribution in [-0.2, 0) is 14.8 Å². The van der Waals surface area contributed by atoms with Crippen LogP contribution in [0.2, 0.25) is 0 Å². The molecule has 5 nitrogen and oxygen atoms in total. The average molecular weight is 271 g/mol. The maximum atomic E-state index is 12.0. The van der Waals surface area contributed by atoms with E-state index < -0.39 is 22.0 Å². The molecule has 0 heterocycles. The highest BCUT2D eigenvalue weighted by Gasteiger charge is 2.29. The predicted octanol–water partition coefficient (Wildman–Crippen LogP) is 1.46. The van der Waals surface area contributed by atoms with E-state index in [2.05, 4.69) is 4.72 Å². The van der Waals surface area contributed by atoms with Gasteiger partial charge in [0.1, 0.15) is 6.04 Å². The minimum absolute atomic E-state index is 0.0690. The van der Waals surface area contributed by atoms with Crippen molar-refractivity contribution < 1.29 is 18.3 Å². The Kier molecular flexibility index (Phi) is 4.86. The molecule has 0 fully saturated rings. The van der Waals surface area contributed by atoms with E-state index in [9.17, 15) is 13.2 Å². The molecule has 0 spiro atoms. The summed E-state index contributed by atoms with van der Waals surface area (Å²) in [7, 11) is -3.79. The molecule has 0 saturated heterocycles. The fourth-order valence-electron chi connectivity index (χ4n) is 1.48. The lowest BCUT2D eigenvalue weighted by Gasteiger charge is -2.20. The lowest BCUT2D eigenvalue weighted by atomic mass is 10.0. The summed E-state index contributed by atoms with van der Waals surface area (Å²) in [6.45, 7) is 3.52. The van der Waals surface area contributed by atoms with Gasteiger partial charge in [0.15, 0.2) is 0 Å². The lowest BCUT2D eigenvalue weighted by Crippen LogP contribution is -2.44. The van der Waals surface area contributed by atoms with Crippen molar-refractivity contribution in [1.82, 2.24) is 4.72 Å². The van der Waals surface area contributed by atoms with Crippen LogP contribution in [0.3, 0.4) is 0 Å². The Bertz CT molecular complexity index is 498. The van der Waals surface area contributed by atoms with Gasteiger partial charge >= 0.3 is 5.97 Å². The fraction of sp³-hybridized carbons (Fsp3) is 0.417. The maximum Gasteiger partial charge on any atom is 0.322 e. The van der Waals surface area contributed by atoms with Crippen molar-refractivity contribution in [3.63, 3.8) is 0 Å². The van der Waals surface area contributed by atoms with Crippen LogP contribution in [0, 0.1) is 5.92 Å². The van der Waals surface area contributed by atoms with Crippen molar-refractivity contribution in [3.8, 4) is 0 Å². The van der Waals surface area contributed by atoms with Crippen LogP contribution in [0.5, 0.6) is 0 Å². The van der Waals surface area contributed by atoms with Gasteiger partial charge in [0, 0.05) is 0 Å². The van der Waals surface area contributed by atoms with Gasteiger partial charge in [0.2, 0.25) is 10.0 Å². The first-order valence-electron chi connectivity index (χ1n) is 5.68. The minimum Gasteiger partial charge on any atom is -0.480 e. The van der Waals surface area contributed by atoms with Crippen molar-refractivity contribution in [2.24, 2.45) is 5.92 Å². The second-order valence-electron chi connectivity index (χ2n) is 4.14. The first kappa shape index (κ1) is 14.7. The predicted molar refractivity (Wildman–Crippen MR) is 67.6 cm³/mol. The third kappa shape index (κ3) is 3.54.